The van der Waals surface area contributed by atoms with Crippen molar-refractivity contribution >= 4 is 23.1 Å². The molecule has 1 aromatic rings. The van der Waals surface area contributed by atoms with E-state index in [1.807, 2.05) is 35.6 Å². The maximum atomic E-state index is 11.4. The van der Waals surface area contributed by atoms with Crippen LogP contribution in [0.15, 0.2) is 30.3 Å². The minimum atomic E-state index is -2.54. The van der Waals surface area contributed by atoms with E-state index < -0.39 is 24.4 Å². The maximum absolute atomic E-state index is 11.4. The molecule has 0 saturated carbocycles. The molecule has 1 aromatic carbocycles. The summed E-state index contributed by atoms with van der Waals surface area (Å²) in [6, 6.07) is 8.64. The average Bonchev–Trinajstić information content (AvgIpc) is 2.44. The van der Waals surface area contributed by atoms with Gasteiger partial charge in [-0.25, -0.2) is 24.2 Å². The van der Waals surface area contributed by atoms with Gasteiger partial charge < -0.3 is 10.1 Å². The van der Waals surface area contributed by atoms with Crippen LogP contribution in [0.4, 0.5) is 18.4 Å². The molecule has 2 amide bonds. The molecule has 6 nitrogen and oxygen atoms in total. The van der Waals surface area contributed by atoms with E-state index >= 15 is 0 Å². The fourth-order valence-electron chi connectivity index (χ4n) is 1.00. The summed E-state index contributed by atoms with van der Waals surface area (Å²) in [6.45, 7) is -0.427. The van der Waals surface area contributed by atoms with Gasteiger partial charge in [-0.3, -0.25) is 5.01 Å². The van der Waals surface area contributed by atoms with Crippen LogP contribution in [0.1, 0.15) is 5.56 Å². The zero-order valence-corrected chi connectivity index (χ0v) is 12.0. The predicted molar refractivity (Wildman–Crippen MR) is 73.8 cm³/mol. The molecule has 0 aromatic heterocycles. The van der Waals surface area contributed by atoms with Crippen molar-refractivity contribution in [2.24, 2.45) is 5.84 Å². The van der Waals surface area contributed by atoms with Gasteiger partial charge in [-0.2, -0.15) is 0 Å². The number of urea groups is 1. The molecular weight excluding hydrogens is 308 g/mol. The van der Waals surface area contributed by atoms with Crippen LogP contribution in [-0.2, 0) is 11.3 Å². The molecule has 0 fully saturated rings. The van der Waals surface area contributed by atoms with Crippen LogP contribution in [0.3, 0.4) is 0 Å². The second-order valence-corrected chi connectivity index (χ2v) is 4.01. The zero-order valence-electron chi connectivity index (χ0n) is 11.3. The average molecular weight is 324 g/mol. The molecule has 0 saturated heterocycles. The molecule has 0 unspecified atom stereocenters. The van der Waals surface area contributed by atoms with E-state index in [1.165, 1.54) is 7.05 Å². The first kappa shape index (κ1) is 19.1. The van der Waals surface area contributed by atoms with E-state index in [2.05, 4.69) is 4.74 Å². The van der Waals surface area contributed by atoms with Gasteiger partial charge in [0.1, 0.15) is 6.61 Å². The molecule has 118 valence electrons. The van der Waals surface area contributed by atoms with Crippen molar-refractivity contribution in [2.45, 2.75) is 13.0 Å². The minimum Gasteiger partial charge on any atom is -0.449 e. The SMILES string of the molecule is CN(N)C(=O)NCC(F)F.O=C(Cl)OCc1ccccc1. The van der Waals surface area contributed by atoms with Crippen molar-refractivity contribution in [3.8, 4) is 0 Å². The molecule has 1 rings (SSSR count). The van der Waals surface area contributed by atoms with Gasteiger partial charge in [-0.15, -0.1) is 0 Å². The molecule has 0 atom stereocenters. The summed E-state index contributed by atoms with van der Waals surface area (Å²) in [6.07, 6.45) is -2.54. The summed E-state index contributed by atoms with van der Waals surface area (Å²) in [7, 11) is 1.26. The number of alkyl halides is 2. The Morgan fingerprint density at radius 1 is 1.38 bits per heavy atom. The Morgan fingerprint density at radius 3 is 2.38 bits per heavy atom. The number of hydrogen-bond acceptors (Lipinski definition) is 4. The predicted octanol–water partition coefficient (Wildman–Crippen LogP) is 2.33. The second kappa shape index (κ2) is 10.8. The number of benzene rings is 1. The van der Waals surface area contributed by atoms with Gasteiger partial charge in [-0.05, 0) is 5.56 Å². The van der Waals surface area contributed by atoms with Crippen LogP contribution in [0.5, 0.6) is 0 Å². The first-order valence-corrected chi connectivity index (χ1v) is 6.11. The Labute approximate surface area is 125 Å². The number of nitrogens with two attached hydrogens (primary N) is 1. The van der Waals surface area contributed by atoms with Gasteiger partial charge in [-0.1, -0.05) is 30.3 Å². The number of carbonyl (C=O) groups excluding carboxylic acids is 2. The van der Waals surface area contributed by atoms with Crippen molar-refractivity contribution in [2.75, 3.05) is 13.6 Å². The summed E-state index contributed by atoms with van der Waals surface area (Å²) >= 11 is 4.97. The second-order valence-electron chi connectivity index (χ2n) is 3.70. The van der Waals surface area contributed by atoms with Gasteiger partial charge in [0, 0.05) is 18.6 Å². The number of ether oxygens (including phenoxy) is 1. The molecular formula is C12H16ClF2N3O3. The lowest BCUT2D eigenvalue weighted by Gasteiger charge is -2.10. The number of nitrogens with zero attached hydrogens (tertiary/aromatic N) is 1. The van der Waals surface area contributed by atoms with Crippen LogP contribution >= 0.6 is 11.6 Å². The third kappa shape index (κ3) is 11.6. The van der Waals surface area contributed by atoms with E-state index in [9.17, 15) is 18.4 Å². The number of halogens is 3. The molecule has 21 heavy (non-hydrogen) atoms. The highest BCUT2D eigenvalue weighted by Crippen LogP contribution is 2.01. The highest BCUT2D eigenvalue weighted by atomic mass is 35.5. The van der Waals surface area contributed by atoms with Crippen LogP contribution in [0.25, 0.3) is 0 Å². The number of nitrogens with one attached hydrogen (secondary N) is 1. The third-order valence-corrected chi connectivity index (χ3v) is 2.03. The number of hydrogen-bond donors (Lipinski definition) is 2. The summed E-state index contributed by atoms with van der Waals surface area (Å²) in [4.78, 5) is 20.6. The zero-order chi connectivity index (χ0) is 16.3. The van der Waals surface area contributed by atoms with Crippen molar-refractivity contribution in [1.29, 1.82) is 0 Å². The maximum Gasteiger partial charge on any atom is 0.404 e. The van der Waals surface area contributed by atoms with Gasteiger partial charge >= 0.3 is 11.5 Å². The summed E-state index contributed by atoms with van der Waals surface area (Å²) < 4.78 is 27.3. The van der Waals surface area contributed by atoms with E-state index in [4.69, 9.17) is 17.4 Å². The summed E-state index contributed by atoms with van der Waals surface area (Å²) in [5, 5.41) is 2.59. The highest BCUT2D eigenvalue weighted by molar-refractivity contribution is 6.61. The fourth-order valence-corrected chi connectivity index (χ4v) is 1.06. The molecule has 0 bridgehead atoms. The lowest BCUT2D eigenvalue weighted by Crippen LogP contribution is -2.43. The Balaban J connectivity index is 0.000000384. The largest absolute Gasteiger partial charge is 0.449 e. The highest BCUT2D eigenvalue weighted by Gasteiger charge is 2.06. The molecule has 0 heterocycles. The van der Waals surface area contributed by atoms with Crippen molar-refractivity contribution in [3.63, 3.8) is 0 Å². The van der Waals surface area contributed by atoms with E-state index in [1.54, 1.807) is 0 Å². The molecule has 0 aliphatic heterocycles. The third-order valence-electron chi connectivity index (χ3n) is 1.92. The first-order valence-electron chi connectivity index (χ1n) is 5.73. The molecule has 3 N–H and O–H groups in total. The van der Waals surface area contributed by atoms with Crippen molar-refractivity contribution in [1.82, 2.24) is 10.3 Å². The quantitative estimate of drug-likeness (QED) is 0.385. The Bertz CT molecular complexity index is 433. The number of hydrazine groups is 1. The monoisotopic (exact) mass is 323 g/mol. The number of carbonyl (C=O) groups is 2. The molecule has 0 radical (unpaired) electrons. The molecule has 0 spiro atoms. The normalized spacial score (nSPS) is 9.43. The van der Waals surface area contributed by atoms with E-state index in [-0.39, 0.29) is 6.61 Å². The fraction of sp³-hybridized carbons (Fsp3) is 0.333. The Morgan fingerprint density at radius 2 is 1.95 bits per heavy atom. The molecule has 0 aliphatic carbocycles. The molecule has 0 aliphatic rings. The lowest BCUT2D eigenvalue weighted by atomic mass is 10.2. The smallest absolute Gasteiger partial charge is 0.404 e. The first-order chi connectivity index (χ1) is 9.82. The summed E-state index contributed by atoms with van der Waals surface area (Å²) in [5.74, 6) is 4.90. The molecule has 9 heteroatoms. The van der Waals surface area contributed by atoms with Crippen molar-refractivity contribution < 1.29 is 23.1 Å². The van der Waals surface area contributed by atoms with E-state index in [0.29, 0.717) is 5.01 Å². The van der Waals surface area contributed by atoms with Crippen LogP contribution in [0, 0.1) is 0 Å². The number of rotatable bonds is 4. The topological polar surface area (TPSA) is 84.7 Å². The van der Waals surface area contributed by atoms with Crippen molar-refractivity contribution in [3.05, 3.63) is 35.9 Å². The van der Waals surface area contributed by atoms with Crippen LogP contribution in [-0.4, -0.2) is 36.5 Å². The lowest BCUT2D eigenvalue weighted by molar-refractivity contribution is 0.141. The van der Waals surface area contributed by atoms with Crippen LogP contribution < -0.4 is 11.2 Å². The van der Waals surface area contributed by atoms with Gasteiger partial charge in [0.15, 0.2) is 0 Å². The van der Waals surface area contributed by atoms with Gasteiger partial charge in [0.2, 0.25) is 0 Å². The minimum absolute atomic E-state index is 0.239. The summed E-state index contributed by atoms with van der Waals surface area (Å²) in [5.41, 5.74) is 0.162. The Kier molecular flexibility index (Phi) is 9.82. The standard InChI is InChI=1S/C8H7ClO2.C4H9F2N3O/c9-8(10)11-6-7-4-2-1-3-5-7;1-9(7)4(10)8-2-3(5)6/h1-5H,6H2;3H,2,7H2,1H3,(H,8,10). The van der Waals surface area contributed by atoms with Crippen LogP contribution in [0.2, 0.25) is 0 Å². The van der Waals surface area contributed by atoms with Gasteiger partial charge in [0.05, 0.1) is 6.54 Å². The Hall–Kier alpha value is -1.93. The number of amides is 2. The van der Waals surface area contributed by atoms with Gasteiger partial charge in [0.25, 0.3) is 6.43 Å². The van der Waals surface area contributed by atoms with E-state index in [0.717, 1.165) is 5.56 Å².